The van der Waals surface area contributed by atoms with E-state index in [-0.39, 0.29) is 35.2 Å². The lowest BCUT2D eigenvalue weighted by Crippen LogP contribution is -2.48. The van der Waals surface area contributed by atoms with Gasteiger partial charge in [0.05, 0.1) is 10.9 Å². The van der Waals surface area contributed by atoms with E-state index in [2.05, 4.69) is 4.98 Å². The maximum Gasteiger partial charge on any atom is 0.471 e. The van der Waals surface area contributed by atoms with Gasteiger partial charge >= 0.3 is 12.1 Å². The Morgan fingerprint density at radius 2 is 2.10 bits per heavy atom. The van der Waals surface area contributed by atoms with Gasteiger partial charge in [-0.2, -0.15) is 13.2 Å². The second-order valence-corrected chi connectivity index (χ2v) is 8.50. The summed E-state index contributed by atoms with van der Waals surface area (Å²) in [5.74, 6) is -2.10. The van der Waals surface area contributed by atoms with Crippen LogP contribution in [-0.2, 0) is 4.79 Å². The van der Waals surface area contributed by atoms with E-state index < -0.39 is 18.1 Å². The van der Waals surface area contributed by atoms with E-state index in [1.165, 1.54) is 11.3 Å². The first-order valence-corrected chi connectivity index (χ1v) is 9.98. The number of nitrogens with zero attached hydrogens (tertiary/aromatic N) is 2. The Morgan fingerprint density at radius 3 is 2.79 bits per heavy atom. The highest BCUT2D eigenvalue weighted by Crippen LogP contribution is 2.49. The van der Waals surface area contributed by atoms with Gasteiger partial charge in [0.2, 0.25) is 0 Å². The number of nitrogens with one attached hydrogen (secondary N) is 1. The lowest BCUT2D eigenvalue weighted by atomic mass is 10.1. The number of halogens is 3. The van der Waals surface area contributed by atoms with Crippen molar-refractivity contribution in [1.29, 1.82) is 0 Å². The number of hydrogen-bond donors (Lipinski definition) is 2. The van der Waals surface area contributed by atoms with Gasteiger partial charge < -0.3 is 16.0 Å². The third kappa shape index (κ3) is 3.81. The first-order valence-electron chi connectivity index (χ1n) is 9.16. The number of alkyl halides is 3. The van der Waals surface area contributed by atoms with Gasteiger partial charge in [-0.1, -0.05) is 41.2 Å². The van der Waals surface area contributed by atoms with Crippen molar-refractivity contribution in [2.24, 2.45) is 5.92 Å². The molecule has 0 spiro atoms. The third-order valence-electron chi connectivity index (χ3n) is 5.33. The van der Waals surface area contributed by atoms with Crippen LogP contribution in [0.4, 0.5) is 18.3 Å². The highest BCUT2D eigenvalue weighted by Gasteiger charge is 2.54. The number of nitrogen functional groups attached to an aromatic ring is 1. The number of aryl methyl sites for hydroxylation is 1. The fourth-order valence-corrected chi connectivity index (χ4v) is 4.77. The van der Waals surface area contributed by atoms with Crippen LogP contribution in [-0.4, -0.2) is 46.5 Å². The second-order valence-electron chi connectivity index (χ2n) is 7.47. The zero-order chi connectivity index (χ0) is 20.9. The molecule has 3 N–H and O–H groups in total. The van der Waals surface area contributed by atoms with Gasteiger partial charge in [0.1, 0.15) is 5.69 Å². The lowest BCUT2D eigenvalue weighted by Gasteiger charge is -2.27. The molecule has 1 saturated heterocycles. The third-order valence-corrected chi connectivity index (χ3v) is 6.26. The second kappa shape index (κ2) is 7.01. The number of anilines is 1. The molecule has 2 amide bonds. The number of likely N-dealkylation sites (tertiary alicyclic amines) is 1. The standard InChI is InChI=1S/C19H19F3N4O2S/c1-9-3-2-4-10(5-9)15-14(25-18(23)29-15)16(27)26-12(6-11-7-13(11)26)8-24-17(28)19(20,21)22/h2-5,11-13H,6-8H2,1H3,(H2,23,25)(H,24,28)/t11-,12+,13?/m1/s1. The van der Waals surface area contributed by atoms with Crippen molar-refractivity contribution >= 4 is 28.3 Å². The average Bonchev–Trinajstić information content (AvgIpc) is 3.13. The fourth-order valence-electron chi connectivity index (χ4n) is 3.95. The minimum Gasteiger partial charge on any atom is -0.375 e. The summed E-state index contributed by atoms with van der Waals surface area (Å²) in [4.78, 5) is 30.9. The first-order chi connectivity index (χ1) is 13.6. The quantitative estimate of drug-likeness (QED) is 0.790. The molecule has 10 heteroatoms. The predicted octanol–water partition coefficient (Wildman–Crippen LogP) is 2.98. The normalized spacial score (nSPS) is 23.0. The van der Waals surface area contributed by atoms with Gasteiger partial charge in [-0.3, -0.25) is 9.59 Å². The molecule has 3 atom stereocenters. The zero-order valence-corrected chi connectivity index (χ0v) is 16.3. The van der Waals surface area contributed by atoms with Crippen molar-refractivity contribution in [3.63, 3.8) is 0 Å². The van der Waals surface area contributed by atoms with E-state index >= 15 is 0 Å². The van der Waals surface area contributed by atoms with Crippen molar-refractivity contribution in [1.82, 2.24) is 15.2 Å². The number of benzene rings is 1. The highest BCUT2D eigenvalue weighted by atomic mass is 32.1. The molecule has 1 aliphatic carbocycles. The van der Waals surface area contributed by atoms with Gasteiger partial charge in [0, 0.05) is 12.6 Å². The maximum absolute atomic E-state index is 13.3. The number of fused-ring (bicyclic) bond motifs is 1. The number of nitrogens with two attached hydrogens (primary N) is 1. The molecule has 4 rings (SSSR count). The summed E-state index contributed by atoms with van der Waals surface area (Å²) in [6.07, 6.45) is -3.57. The molecule has 29 heavy (non-hydrogen) atoms. The molecule has 1 saturated carbocycles. The smallest absolute Gasteiger partial charge is 0.375 e. The van der Waals surface area contributed by atoms with Crippen LogP contribution in [0.25, 0.3) is 10.4 Å². The Balaban J connectivity index is 1.58. The molecule has 1 unspecified atom stereocenters. The Labute approximate surface area is 168 Å². The summed E-state index contributed by atoms with van der Waals surface area (Å²) in [5, 5.41) is 2.15. The molecule has 0 radical (unpaired) electrons. The molecule has 2 aliphatic rings. The molecule has 1 aromatic carbocycles. The number of carbonyl (C=O) groups excluding carboxylic acids is 2. The molecular formula is C19H19F3N4O2S. The monoisotopic (exact) mass is 424 g/mol. The number of rotatable bonds is 4. The summed E-state index contributed by atoms with van der Waals surface area (Å²) in [5.41, 5.74) is 7.91. The Bertz CT molecular complexity index is 975. The molecule has 1 aromatic heterocycles. The number of amides is 2. The van der Waals surface area contributed by atoms with E-state index in [1.807, 2.05) is 36.5 Å². The van der Waals surface area contributed by atoms with Crippen molar-refractivity contribution in [2.75, 3.05) is 12.3 Å². The SMILES string of the molecule is Cc1cccc(-c2sc(N)nc2C(=O)N2C3C[C@H]3C[C@H]2CNC(=O)C(F)(F)F)c1. The summed E-state index contributed by atoms with van der Waals surface area (Å²) in [6, 6.07) is 7.08. The van der Waals surface area contributed by atoms with E-state index in [0.717, 1.165) is 17.5 Å². The van der Waals surface area contributed by atoms with Crippen LogP contribution in [0.1, 0.15) is 28.9 Å². The minimum atomic E-state index is -4.95. The summed E-state index contributed by atoms with van der Waals surface area (Å²) in [7, 11) is 0. The van der Waals surface area contributed by atoms with E-state index in [0.29, 0.717) is 11.3 Å². The van der Waals surface area contributed by atoms with Crippen LogP contribution in [0.5, 0.6) is 0 Å². The first kappa shape index (κ1) is 19.7. The van der Waals surface area contributed by atoms with Crippen LogP contribution in [0.15, 0.2) is 24.3 Å². The number of piperidine rings is 1. The van der Waals surface area contributed by atoms with Crippen molar-refractivity contribution in [3.05, 3.63) is 35.5 Å². The summed E-state index contributed by atoms with van der Waals surface area (Å²) >= 11 is 1.20. The van der Waals surface area contributed by atoms with Crippen molar-refractivity contribution in [3.8, 4) is 10.4 Å². The number of aromatic nitrogens is 1. The molecule has 154 valence electrons. The summed E-state index contributed by atoms with van der Waals surface area (Å²) in [6.45, 7) is 1.69. The van der Waals surface area contributed by atoms with E-state index in [1.54, 1.807) is 4.90 Å². The zero-order valence-electron chi connectivity index (χ0n) is 15.5. The lowest BCUT2D eigenvalue weighted by molar-refractivity contribution is -0.173. The Kier molecular flexibility index (Phi) is 4.76. The largest absolute Gasteiger partial charge is 0.471 e. The molecular weight excluding hydrogens is 405 g/mol. The fraction of sp³-hybridized carbons (Fsp3) is 0.421. The maximum atomic E-state index is 13.3. The van der Waals surface area contributed by atoms with Gasteiger partial charge in [0.15, 0.2) is 5.13 Å². The van der Waals surface area contributed by atoms with E-state index in [4.69, 9.17) is 5.73 Å². The number of carbonyl (C=O) groups is 2. The van der Waals surface area contributed by atoms with Crippen LogP contribution in [0, 0.1) is 12.8 Å². The van der Waals surface area contributed by atoms with Crippen molar-refractivity contribution in [2.45, 2.75) is 38.0 Å². The summed E-state index contributed by atoms with van der Waals surface area (Å²) < 4.78 is 37.5. The van der Waals surface area contributed by atoms with Crippen LogP contribution < -0.4 is 11.1 Å². The minimum absolute atomic E-state index is 0.0245. The number of hydrogen-bond acceptors (Lipinski definition) is 5. The molecule has 2 heterocycles. The van der Waals surface area contributed by atoms with Gasteiger partial charge in [-0.05, 0) is 31.2 Å². The Hall–Kier alpha value is -2.62. The number of thiazole rings is 1. The predicted molar refractivity (Wildman–Crippen MR) is 102 cm³/mol. The molecule has 0 bridgehead atoms. The van der Waals surface area contributed by atoms with Gasteiger partial charge in [-0.15, -0.1) is 0 Å². The van der Waals surface area contributed by atoms with Gasteiger partial charge in [0.25, 0.3) is 5.91 Å². The van der Waals surface area contributed by atoms with Crippen LogP contribution >= 0.6 is 11.3 Å². The molecule has 1 aliphatic heterocycles. The molecule has 6 nitrogen and oxygen atoms in total. The van der Waals surface area contributed by atoms with Crippen molar-refractivity contribution < 1.29 is 22.8 Å². The molecule has 2 aromatic rings. The molecule has 2 fully saturated rings. The average molecular weight is 424 g/mol. The van der Waals surface area contributed by atoms with Crippen LogP contribution in [0.3, 0.4) is 0 Å². The Morgan fingerprint density at radius 1 is 1.34 bits per heavy atom. The van der Waals surface area contributed by atoms with E-state index in [9.17, 15) is 22.8 Å². The highest BCUT2D eigenvalue weighted by molar-refractivity contribution is 7.19. The topological polar surface area (TPSA) is 88.3 Å². The van der Waals surface area contributed by atoms with Crippen LogP contribution in [0.2, 0.25) is 0 Å². The van der Waals surface area contributed by atoms with Gasteiger partial charge in [-0.25, -0.2) is 4.98 Å².